The number of carbonyl (C=O) groups is 1. The molecule has 0 saturated carbocycles. The molecule has 1 fully saturated rings. The normalized spacial score (nSPS) is 20.9. The van der Waals surface area contributed by atoms with Gasteiger partial charge in [-0.05, 0) is 19.1 Å². The van der Waals surface area contributed by atoms with Gasteiger partial charge in [-0.2, -0.15) is 0 Å². The minimum atomic E-state index is -3.69. The van der Waals surface area contributed by atoms with Crippen LogP contribution < -0.4 is 4.72 Å². The summed E-state index contributed by atoms with van der Waals surface area (Å²) in [6.07, 6.45) is 0. The van der Waals surface area contributed by atoms with Crippen molar-refractivity contribution in [1.29, 1.82) is 0 Å². The van der Waals surface area contributed by atoms with E-state index in [1.807, 2.05) is 13.0 Å². The zero-order chi connectivity index (χ0) is 17.2. The van der Waals surface area contributed by atoms with Gasteiger partial charge in [0, 0.05) is 5.56 Å². The first-order valence-corrected chi connectivity index (χ1v) is 9.22. The van der Waals surface area contributed by atoms with Crippen molar-refractivity contribution < 1.29 is 17.9 Å². The van der Waals surface area contributed by atoms with Crippen LogP contribution >= 0.6 is 0 Å². The van der Waals surface area contributed by atoms with Crippen LogP contribution in [0.5, 0.6) is 0 Å². The van der Waals surface area contributed by atoms with Crippen molar-refractivity contribution in [3.05, 3.63) is 65.7 Å². The van der Waals surface area contributed by atoms with Crippen molar-refractivity contribution in [2.75, 3.05) is 13.2 Å². The Morgan fingerprint density at radius 1 is 1.04 bits per heavy atom. The number of hydrogen-bond donors (Lipinski definition) is 1. The van der Waals surface area contributed by atoms with Crippen LogP contribution in [0.15, 0.2) is 59.5 Å². The first-order valence-electron chi connectivity index (χ1n) is 7.73. The van der Waals surface area contributed by atoms with Crippen molar-refractivity contribution in [2.45, 2.75) is 17.9 Å². The molecule has 0 aromatic heterocycles. The molecule has 0 aliphatic carbocycles. The van der Waals surface area contributed by atoms with E-state index in [1.165, 1.54) is 0 Å². The second-order valence-corrected chi connectivity index (χ2v) is 7.63. The molecular formula is C18H19NO4S. The number of hydrogen-bond acceptors (Lipinski definition) is 4. The van der Waals surface area contributed by atoms with E-state index in [9.17, 15) is 13.2 Å². The topological polar surface area (TPSA) is 72.5 Å². The molecule has 1 heterocycles. The molecule has 0 bridgehead atoms. The van der Waals surface area contributed by atoms with Gasteiger partial charge < -0.3 is 4.74 Å². The smallest absolute Gasteiger partial charge is 0.240 e. The van der Waals surface area contributed by atoms with Crippen LogP contribution in [-0.2, 0) is 14.8 Å². The SMILES string of the molecule is Cc1ccc(S(=O)(=O)N[C@H]2COC[C@H]2C(=O)c2ccccc2)cc1. The summed E-state index contributed by atoms with van der Waals surface area (Å²) in [4.78, 5) is 12.8. The highest BCUT2D eigenvalue weighted by Gasteiger charge is 2.37. The van der Waals surface area contributed by atoms with E-state index in [-0.39, 0.29) is 23.9 Å². The van der Waals surface area contributed by atoms with E-state index in [0.29, 0.717) is 5.56 Å². The van der Waals surface area contributed by atoms with E-state index in [4.69, 9.17) is 4.74 Å². The molecule has 1 aliphatic heterocycles. The maximum absolute atomic E-state index is 12.6. The molecule has 0 amide bonds. The zero-order valence-corrected chi connectivity index (χ0v) is 14.1. The molecule has 6 heteroatoms. The third-order valence-electron chi connectivity index (χ3n) is 4.11. The second-order valence-electron chi connectivity index (χ2n) is 5.92. The summed E-state index contributed by atoms with van der Waals surface area (Å²) in [5.41, 5.74) is 1.54. The number of aryl methyl sites for hydroxylation is 1. The summed E-state index contributed by atoms with van der Waals surface area (Å²) in [5.74, 6) is -0.627. The molecule has 126 valence electrons. The first kappa shape index (κ1) is 16.8. The largest absolute Gasteiger partial charge is 0.379 e. The van der Waals surface area contributed by atoms with Crippen molar-refractivity contribution in [2.24, 2.45) is 5.92 Å². The molecule has 2 aromatic carbocycles. The zero-order valence-electron chi connectivity index (χ0n) is 13.3. The summed E-state index contributed by atoms with van der Waals surface area (Å²) < 4.78 is 33.0. The monoisotopic (exact) mass is 345 g/mol. The summed E-state index contributed by atoms with van der Waals surface area (Å²) in [6.45, 7) is 2.30. The Morgan fingerprint density at radius 3 is 2.38 bits per heavy atom. The minimum Gasteiger partial charge on any atom is -0.379 e. The Labute approximate surface area is 141 Å². The molecule has 1 saturated heterocycles. The predicted octanol–water partition coefficient (Wildman–Crippen LogP) is 2.17. The number of benzene rings is 2. The van der Waals surface area contributed by atoms with Crippen LogP contribution in [0.4, 0.5) is 0 Å². The highest BCUT2D eigenvalue weighted by atomic mass is 32.2. The van der Waals surface area contributed by atoms with Crippen molar-refractivity contribution >= 4 is 15.8 Å². The molecule has 2 atom stereocenters. The van der Waals surface area contributed by atoms with Crippen LogP contribution in [0.2, 0.25) is 0 Å². The van der Waals surface area contributed by atoms with Gasteiger partial charge in [0.1, 0.15) is 0 Å². The molecule has 2 aromatic rings. The van der Waals surface area contributed by atoms with E-state index in [0.717, 1.165) is 5.56 Å². The number of Topliss-reactive ketones (excluding diaryl/α,β-unsaturated/α-hetero) is 1. The van der Waals surface area contributed by atoms with Gasteiger partial charge >= 0.3 is 0 Å². The first-order chi connectivity index (χ1) is 11.5. The Balaban J connectivity index is 1.78. The minimum absolute atomic E-state index is 0.107. The van der Waals surface area contributed by atoms with E-state index >= 15 is 0 Å². The molecular weight excluding hydrogens is 326 g/mol. The van der Waals surface area contributed by atoms with Gasteiger partial charge in [-0.1, -0.05) is 48.0 Å². The van der Waals surface area contributed by atoms with E-state index < -0.39 is 22.0 Å². The summed E-state index contributed by atoms with van der Waals surface area (Å²) >= 11 is 0. The second kappa shape index (κ2) is 6.84. The molecule has 0 spiro atoms. The maximum Gasteiger partial charge on any atom is 0.240 e. The lowest BCUT2D eigenvalue weighted by molar-refractivity contribution is 0.0894. The molecule has 0 radical (unpaired) electrons. The number of carbonyl (C=O) groups excluding carboxylic acids is 1. The number of ketones is 1. The predicted molar refractivity (Wildman–Crippen MR) is 90.4 cm³/mol. The van der Waals surface area contributed by atoms with Crippen LogP contribution in [0.25, 0.3) is 0 Å². The average molecular weight is 345 g/mol. The summed E-state index contributed by atoms with van der Waals surface area (Å²) in [7, 11) is -3.69. The van der Waals surface area contributed by atoms with Gasteiger partial charge in [0.2, 0.25) is 10.0 Å². The molecule has 5 nitrogen and oxygen atoms in total. The number of sulfonamides is 1. The lowest BCUT2D eigenvalue weighted by atomic mass is 9.94. The highest BCUT2D eigenvalue weighted by Crippen LogP contribution is 2.21. The van der Waals surface area contributed by atoms with Crippen LogP contribution in [0.3, 0.4) is 0 Å². The lowest BCUT2D eigenvalue weighted by Gasteiger charge is -2.18. The van der Waals surface area contributed by atoms with Crippen LogP contribution in [0.1, 0.15) is 15.9 Å². The van der Waals surface area contributed by atoms with Crippen molar-refractivity contribution in [1.82, 2.24) is 4.72 Å². The standard InChI is InChI=1S/C18H19NO4S/c1-13-7-9-15(10-8-13)24(21,22)19-17-12-23-11-16(17)18(20)14-5-3-2-4-6-14/h2-10,16-17,19H,11-12H2,1H3/t16-,17+/m1/s1. The number of rotatable bonds is 5. The molecule has 3 rings (SSSR count). The lowest BCUT2D eigenvalue weighted by Crippen LogP contribution is -2.42. The molecule has 24 heavy (non-hydrogen) atoms. The molecule has 1 aliphatic rings. The average Bonchev–Trinajstić information content (AvgIpc) is 3.02. The van der Waals surface area contributed by atoms with Gasteiger partial charge in [0.15, 0.2) is 5.78 Å². The fourth-order valence-corrected chi connectivity index (χ4v) is 3.99. The van der Waals surface area contributed by atoms with E-state index in [1.54, 1.807) is 48.5 Å². The summed E-state index contributed by atoms with van der Waals surface area (Å²) in [6, 6.07) is 14.9. The Hall–Kier alpha value is -2.02. The van der Waals surface area contributed by atoms with Crippen LogP contribution in [-0.4, -0.2) is 33.5 Å². The van der Waals surface area contributed by atoms with Gasteiger partial charge in [-0.25, -0.2) is 13.1 Å². The van der Waals surface area contributed by atoms with Crippen LogP contribution in [0, 0.1) is 12.8 Å². The molecule has 1 N–H and O–H groups in total. The highest BCUT2D eigenvalue weighted by molar-refractivity contribution is 7.89. The maximum atomic E-state index is 12.6. The quantitative estimate of drug-likeness (QED) is 0.843. The van der Waals surface area contributed by atoms with Gasteiger partial charge in [-0.3, -0.25) is 4.79 Å². The van der Waals surface area contributed by atoms with Crippen molar-refractivity contribution in [3.8, 4) is 0 Å². The Kier molecular flexibility index (Phi) is 4.80. The van der Waals surface area contributed by atoms with Crippen molar-refractivity contribution in [3.63, 3.8) is 0 Å². The third-order valence-corrected chi connectivity index (χ3v) is 5.62. The number of nitrogens with one attached hydrogen (secondary N) is 1. The fourth-order valence-electron chi connectivity index (χ4n) is 2.73. The van der Waals surface area contributed by atoms with Gasteiger partial charge in [0.25, 0.3) is 0 Å². The fraction of sp³-hybridized carbons (Fsp3) is 0.278. The third kappa shape index (κ3) is 3.56. The van der Waals surface area contributed by atoms with E-state index in [2.05, 4.69) is 4.72 Å². The summed E-state index contributed by atoms with van der Waals surface area (Å²) in [5, 5.41) is 0. The Bertz CT molecular complexity index is 816. The Morgan fingerprint density at radius 2 is 1.71 bits per heavy atom. The van der Waals surface area contributed by atoms with Gasteiger partial charge in [0.05, 0.1) is 30.1 Å². The van der Waals surface area contributed by atoms with Gasteiger partial charge in [-0.15, -0.1) is 0 Å². The number of ether oxygens (including phenoxy) is 1. The molecule has 0 unspecified atom stereocenters.